The molecule has 0 aliphatic heterocycles. The molecule has 124 valence electrons. The fraction of sp³-hybridized carbons (Fsp3) is 0.105. The van der Waals surface area contributed by atoms with Crippen molar-refractivity contribution in [3.8, 4) is 5.75 Å². The largest absolute Gasteiger partial charge is 0.507 e. The maximum Gasteiger partial charge on any atom is 0.259 e. The molecule has 0 unspecified atom stereocenters. The van der Waals surface area contributed by atoms with E-state index in [0.29, 0.717) is 5.69 Å². The van der Waals surface area contributed by atoms with E-state index in [-0.39, 0.29) is 17.2 Å². The number of nitrogens with zero attached hydrogens (tertiary/aromatic N) is 3. The van der Waals surface area contributed by atoms with Crippen molar-refractivity contribution in [3.63, 3.8) is 0 Å². The van der Waals surface area contributed by atoms with Gasteiger partial charge in [-0.05, 0) is 35.9 Å². The quantitative estimate of drug-likeness (QED) is 0.590. The van der Waals surface area contributed by atoms with Crippen LogP contribution in [0.15, 0.2) is 48.7 Å². The van der Waals surface area contributed by atoms with E-state index in [1.807, 2.05) is 44.3 Å². The minimum atomic E-state index is -0.383. The van der Waals surface area contributed by atoms with Crippen molar-refractivity contribution < 1.29 is 9.90 Å². The van der Waals surface area contributed by atoms with Gasteiger partial charge in [0.25, 0.3) is 5.91 Å². The number of carbonyl (C=O) groups is 1. The van der Waals surface area contributed by atoms with Crippen LogP contribution in [-0.2, 0) is 7.05 Å². The van der Waals surface area contributed by atoms with Gasteiger partial charge in [0.15, 0.2) is 5.65 Å². The van der Waals surface area contributed by atoms with Gasteiger partial charge in [0.1, 0.15) is 5.75 Å². The number of anilines is 1. The summed E-state index contributed by atoms with van der Waals surface area (Å²) >= 11 is 0. The molecule has 4 aromatic rings. The molecular weight excluding hydrogens is 316 g/mol. The second-order valence-corrected chi connectivity index (χ2v) is 5.97. The number of phenolic OH excluding ortho intramolecular Hbond substituents is 1. The Morgan fingerprint density at radius 2 is 1.88 bits per heavy atom. The lowest BCUT2D eigenvalue weighted by Gasteiger charge is -2.08. The molecule has 2 heterocycles. The molecule has 0 aliphatic rings. The fourth-order valence-electron chi connectivity index (χ4n) is 2.98. The van der Waals surface area contributed by atoms with Crippen LogP contribution in [0.25, 0.3) is 21.8 Å². The lowest BCUT2D eigenvalue weighted by atomic mass is 10.1. The molecule has 0 atom stereocenters. The first-order chi connectivity index (χ1) is 12.0. The van der Waals surface area contributed by atoms with Gasteiger partial charge in [-0.1, -0.05) is 24.3 Å². The number of aromatic hydroxyl groups is 1. The van der Waals surface area contributed by atoms with Crippen molar-refractivity contribution in [1.29, 1.82) is 0 Å². The molecular formula is C19H16N4O2. The highest BCUT2D eigenvalue weighted by Crippen LogP contribution is 2.26. The predicted molar refractivity (Wildman–Crippen MR) is 96.8 cm³/mol. The molecule has 0 aliphatic carbocycles. The predicted octanol–water partition coefficient (Wildman–Crippen LogP) is 3.39. The van der Waals surface area contributed by atoms with Gasteiger partial charge >= 0.3 is 0 Å². The number of carbonyl (C=O) groups excluding carboxylic acids is 1. The van der Waals surface area contributed by atoms with Crippen LogP contribution in [0.1, 0.15) is 16.1 Å². The maximum absolute atomic E-state index is 12.6. The standard InChI is InChI=1S/C19H16N4O2/c1-11-15-9-14(10-20-18(15)23(2)22-11)21-19(25)16-7-12-5-3-4-6-13(12)8-17(16)24/h3-10,24H,1-2H3,(H,21,25). The van der Waals surface area contributed by atoms with Crippen LogP contribution in [0.5, 0.6) is 5.75 Å². The molecule has 0 fully saturated rings. The van der Waals surface area contributed by atoms with Crippen LogP contribution >= 0.6 is 0 Å². The summed E-state index contributed by atoms with van der Waals surface area (Å²) in [6.07, 6.45) is 1.58. The highest BCUT2D eigenvalue weighted by molar-refractivity contribution is 6.09. The van der Waals surface area contributed by atoms with Crippen molar-refractivity contribution in [2.45, 2.75) is 6.92 Å². The lowest BCUT2D eigenvalue weighted by Crippen LogP contribution is -2.12. The van der Waals surface area contributed by atoms with Gasteiger partial charge in [-0.15, -0.1) is 0 Å². The average Bonchev–Trinajstić information content (AvgIpc) is 2.88. The topological polar surface area (TPSA) is 80.0 Å². The summed E-state index contributed by atoms with van der Waals surface area (Å²) in [5.74, 6) is -0.436. The van der Waals surface area contributed by atoms with E-state index in [4.69, 9.17) is 0 Å². The number of fused-ring (bicyclic) bond motifs is 2. The van der Waals surface area contributed by atoms with Gasteiger partial charge in [-0.25, -0.2) is 4.98 Å². The highest BCUT2D eigenvalue weighted by atomic mass is 16.3. The summed E-state index contributed by atoms with van der Waals surface area (Å²) in [4.78, 5) is 16.9. The van der Waals surface area contributed by atoms with Gasteiger partial charge in [0, 0.05) is 12.4 Å². The Bertz CT molecular complexity index is 1130. The minimum Gasteiger partial charge on any atom is -0.507 e. The Morgan fingerprint density at radius 3 is 2.64 bits per heavy atom. The summed E-state index contributed by atoms with van der Waals surface area (Å²) in [7, 11) is 1.83. The number of hydrogen-bond donors (Lipinski definition) is 2. The summed E-state index contributed by atoms with van der Waals surface area (Å²) in [6, 6.07) is 12.7. The van der Waals surface area contributed by atoms with E-state index in [2.05, 4.69) is 15.4 Å². The molecule has 6 nitrogen and oxygen atoms in total. The smallest absolute Gasteiger partial charge is 0.259 e. The molecule has 1 amide bonds. The zero-order valence-corrected chi connectivity index (χ0v) is 13.8. The summed E-state index contributed by atoms with van der Waals surface area (Å²) < 4.78 is 1.70. The van der Waals surface area contributed by atoms with Crippen molar-refractivity contribution in [3.05, 3.63) is 59.9 Å². The van der Waals surface area contributed by atoms with Crippen LogP contribution in [0, 0.1) is 6.92 Å². The Kier molecular flexibility index (Phi) is 3.39. The number of rotatable bonds is 2. The van der Waals surface area contributed by atoms with Gasteiger partial charge in [0.2, 0.25) is 0 Å². The number of hydrogen-bond acceptors (Lipinski definition) is 4. The number of amides is 1. The highest BCUT2D eigenvalue weighted by Gasteiger charge is 2.14. The van der Waals surface area contributed by atoms with E-state index in [1.54, 1.807) is 23.0 Å². The zero-order chi connectivity index (χ0) is 17.6. The van der Waals surface area contributed by atoms with E-state index in [0.717, 1.165) is 27.5 Å². The summed E-state index contributed by atoms with van der Waals surface area (Å²) in [5.41, 5.74) is 2.38. The molecule has 0 saturated heterocycles. The maximum atomic E-state index is 12.6. The zero-order valence-electron chi connectivity index (χ0n) is 13.8. The van der Waals surface area contributed by atoms with Crippen molar-refractivity contribution in [1.82, 2.24) is 14.8 Å². The Hall–Kier alpha value is -3.41. The second kappa shape index (κ2) is 5.59. The number of phenols is 1. The van der Waals surface area contributed by atoms with Gasteiger partial charge in [-0.2, -0.15) is 5.10 Å². The van der Waals surface area contributed by atoms with Crippen LogP contribution in [0.3, 0.4) is 0 Å². The monoisotopic (exact) mass is 332 g/mol. The second-order valence-electron chi connectivity index (χ2n) is 5.97. The van der Waals surface area contributed by atoms with Gasteiger partial charge in [-0.3, -0.25) is 9.48 Å². The molecule has 0 bridgehead atoms. The van der Waals surface area contributed by atoms with E-state index in [1.165, 1.54) is 0 Å². The first-order valence-electron chi connectivity index (χ1n) is 7.85. The summed E-state index contributed by atoms with van der Waals surface area (Å²) in [5, 5.41) is 19.9. The number of pyridine rings is 1. The molecule has 0 saturated carbocycles. The molecule has 0 spiro atoms. The Balaban J connectivity index is 1.70. The molecule has 4 rings (SSSR count). The molecule has 2 aromatic heterocycles. The van der Waals surface area contributed by atoms with Crippen LogP contribution in [-0.4, -0.2) is 25.8 Å². The first kappa shape index (κ1) is 15.1. The van der Waals surface area contributed by atoms with Crippen LogP contribution in [0.4, 0.5) is 5.69 Å². The van der Waals surface area contributed by atoms with Crippen molar-refractivity contribution in [2.24, 2.45) is 7.05 Å². The Labute approximate surface area is 143 Å². The first-order valence-corrected chi connectivity index (χ1v) is 7.85. The van der Waals surface area contributed by atoms with E-state index >= 15 is 0 Å². The van der Waals surface area contributed by atoms with Crippen molar-refractivity contribution in [2.75, 3.05) is 5.32 Å². The summed E-state index contributed by atoms with van der Waals surface area (Å²) in [6.45, 7) is 1.89. The van der Waals surface area contributed by atoms with Crippen LogP contribution in [0.2, 0.25) is 0 Å². The number of aromatic nitrogens is 3. The lowest BCUT2D eigenvalue weighted by molar-refractivity contribution is 0.102. The number of nitrogens with one attached hydrogen (secondary N) is 1. The molecule has 2 N–H and O–H groups in total. The SMILES string of the molecule is Cc1nn(C)c2ncc(NC(=O)c3cc4ccccc4cc3O)cc12. The molecule has 6 heteroatoms. The molecule has 2 aromatic carbocycles. The Morgan fingerprint density at radius 1 is 1.16 bits per heavy atom. The normalized spacial score (nSPS) is 11.1. The third-order valence-corrected chi connectivity index (χ3v) is 4.23. The number of benzene rings is 2. The molecule has 25 heavy (non-hydrogen) atoms. The number of aryl methyl sites for hydroxylation is 2. The fourth-order valence-corrected chi connectivity index (χ4v) is 2.98. The van der Waals surface area contributed by atoms with E-state index in [9.17, 15) is 9.90 Å². The minimum absolute atomic E-state index is 0.0530. The molecule has 0 radical (unpaired) electrons. The third kappa shape index (κ3) is 2.57. The third-order valence-electron chi connectivity index (χ3n) is 4.23. The van der Waals surface area contributed by atoms with Gasteiger partial charge in [0.05, 0.1) is 23.1 Å². The average molecular weight is 332 g/mol. The van der Waals surface area contributed by atoms with Gasteiger partial charge < -0.3 is 10.4 Å². The van der Waals surface area contributed by atoms with Crippen LogP contribution < -0.4 is 5.32 Å². The van der Waals surface area contributed by atoms with Crippen molar-refractivity contribution >= 4 is 33.4 Å². The van der Waals surface area contributed by atoms with E-state index < -0.39 is 0 Å².